The average Bonchev–Trinajstić information content (AvgIpc) is 2.78. The summed E-state index contributed by atoms with van der Waals surface area (Å²) in [6, 6.07) is 8.01. The Morgan fingerprint density at radius 1 is 1.39 bits per heavy atom. The number of aromatic nitrogens is 2. The summed E-state index contributed by atoms with van der Waals surface area (Å²) >= 11 is 5.79. The molecule has 4 nitrogen and oxygen atoms in total. The van der Waals surface area contributed by atoms with Crippen LogP contribution in [0.1, 0.15) is 5.56 Å². The van der Waals surface area contributed by atoms with Crippen LogP contribution < -0.4 is 10.1 Å². The Balaban J connectivity index is 1.89. The lowest BCUT2D eigenvalue weighted by atomic mass is 10.2. The van der Waals surface area contributed by atoms with Crippen molar-refractivity contribution in [3.8, 4) is 5.75 Å². The van der Waals surface area contributed by atoms with Gasteiger partial charge in [0.2, 0.25) is 0 Å². The van der Waals surface area contributed by atoms with Gasteiger partial charge in [0, 0.05) is 18.3 Å². The molecule has 0 saturated heterocycles. The number of nitrogens with one attached hydrogen (secondary N) is 1. The highest BCUT2D eigenvalue weighted by Crippen LogP contribution is 2.17. The van der Waals surface area contributed by atoms with Gasteiger partial charge in [-0.25, -0.2) is 0 Å². The van der Waals surface area contributed by atoms with Crippen LogP contribution in [-0.4, -0.2) is 23.4 Å². The quantitative estimate of drug-likeness (QED) is 0.871. The summed E-state index contributed by atoms with van der Waals surface area (Å²) in [5, 5.41) is 7.86. The van der Waals surface area contributed by atoms with Gasteiger partial charge >= 0.3 is 0 Å². The number of hydrogen-bond donors (Lipinski definition) is 1. The highest BCUT2D eigenvalue weighted by molar-refractivity contribution is 6.30. The van der Waals surface area contributed by atoms with Crippen LogP contribution in [-0.2, 0) is 13.1 Å². The first-order chi connectivity index (χ1) is 8.79. The molecule has 1 N–H and O–H groups in total. The van der Waals surface area contributed by atoms with Crippen molar-refractivity contribution in [2.75, 3.05) is 13.7 Å². The van der Waals surface area contributed by atoms with E-state index >= 15 is 0 Å². The summed E-state index contributed by atoms with van der Waals surface area (Å²) in [6.45, 7) is 2.04. The Kier molecular flexibility index (Phi) is 4.61. The number of nitrogens with zero attached hydrogens (tertiary/aromatic N) is 2. The Bertz CT molecular complexity index is 498. The molecule has 0 fully saturated rings. The second-order valence-corrected chi connectivity index (χ2v) is 4.34. The molecule has 5 heteroatoms. The van der Waals surface area contributed by atoms with E-state index < -0.39 is 0 Å². The number of benzene rings is 1. The standard InChI is InChI=1S/C13H16ClN3O/c1-15-8-11-4-2-3-5-13(11)18-7-6-17-10-12(14)9-16-17/h2-5,9-10,15H,6-8H2,1H3. The van der Waals surface area contributed by atoms with Gasteiger partial charge in [-0.15, -0.1) is 0 Å². The second-order valence-electron chi connectivity index (χ2n) is 3.91. The van der Waals surface area contributed by atoms with Crippen molar-refractivity contribution < 1.29 is 4.74 Å². The maximum Gasteiger partial charge on any atom is 0.123 e. The smallest absolute Gasteiger partial charge is 0.123 e. The molecule has 0 aliphatic rings. The molecule has 2 rings (SSSR count). The normalized spacial score (nSPS) is 10.6. The highest BCUT2D eigenvalue weighted by Gasteiger charge is 2.02. The van der Waals surface area contributed by atoms with E-state index in [1.807, 2.05) is 25.2 Å². The van der Waals surface area contributed by atoms with Crippen LogP contribution >= 0.6 is 11.6 Å². The third-order valence-electron chi connectivity index (χ3n) is 2.52. The minimum Gasteiger partial charge on any atom is -0.491 e. The van der Waals surface area contributed by atoms with Crippen molar-refractivity contribution in [2.24, 2.45) is 0 Å². The van der Waals surface area contributed by atoms with Gasteiger partial charge in [0.15, 0.2) is 0 Å². The molecule has 18 heavy (non-hydrogen) atoms. The molecule has 1 aromatic heterocycles. The summed E-state index contributed by atoms with van der Waals surface area (Å²) < 4.78 is 7.53. The Morgan fingerprint density at radius 2 is 2.22 bits per heavy atom. The van der Waals surface area contributed by atoms with E-state index in [9.17, 15) is 0 Å². The summed E-state index contributed by atoms with van der Waals surface area (Å²) in [5.74, 6) is 0.908. The molecule has 1 aromatic carbocycles. The molecule has 0 spiro atoms. The summed E-state index contributed by atoms with van der Waals surface area (Å²) in [7, 11) is 1.92. The molecule has 96 valence electrons. The molecule has 0 aliphatic heterocycles. The van der Waals surface area contributed by atoms with E-state index in [2.05, 4.69) is 16.5 Å². The van der Waals surface area contributed by atoms with Crippen molar-refractivity contribution in [2.45, 2.75) is 13.1 Å². The monoisotopic (exact) mass is 265 g/mol. The van der Waals surface area contributed by atoms with Crippen LogP contribution in [0.3, 0.4) is 0 Å². The van der Waals surface area contributed by atoms with Gasteiger partial charge in [-0.05, 0) is 13.1 Å². The highest BCUT2D eigenvalue weighted by atomic mass is 35.5. The number of ether oxygens (including phenoxy) is 1. The zero-order chi connectivity index (χ0) is 12.8. The number of rotatable bonds is 6. The molecule has 0 radical (unpaired) electrons. The molecule has 0 amide bonds. The predicted octanol–water partition coefficient (Wildman–Crippen LogP) is 2.33. The number of para-hydroxylation sites is 1. The van der Waals surface area contributed by atoms with Crippen LogP contribution in [0.15, 0.2) is 36.7 Å². The molecular weight excluding hydrogens is 250 g/mol. The zero-order valence-electron chi connectivity index (χ0n) is 10.3. The van der Waals surface area contributed by atoms with Crippen LogP contribution in [0.25, 0.3) is 0 Å². The van der Waals surface area contributed by atoms with Gasteiger partial charge in [0.05, 0.1) is 17.8 Å². The van der Waals surface area contributed by atoms with Gasteiger partial charge in [-0.1, -0.05) is 29.8 Å². The molecular formula is C13H16ClN3O. The van der Waals surface area contributed by atoms with Crippen LogP contribution in [0.5, 0.6) is 5.75 Å². The lowest BCUT2D eigenvalue weighted by Gasteiger charge is -2.11. The van der Waals surface area contributed by atoms with Gasteiger partial charge in [-0.2, -0.15) is 5.10 Å². The molecule has 0 saturated carbocycles. The van der Waals surface area contributed by atoms with Crippen LogP contribution in [0.4, 0.5) is 0 Å². The van der Waals surface area contributed by atoms with Gasteiger partial charge in [0.25, 0.3) is 0 Å². The Hall–Kier alpha value is -1.52. The summed E-state index contributed by atoms with van der Waals surface area (Å²) in [6.07, 6.45) is 3.40. The second kappa shape index (κ2) is 6.42. The minimum atomic E-state index is 0.568. The van der Waals surface area contributed by atoms with Crippen molar-refractivity contribution in [1.82, 2.24) is 15.1 Å². The summed E-state index contributed by atoms with van der Waals surface area (Å²) in [4.78, 5) is 0. The van der Waals surface area contributed by atoms with E-state index in [1.165, 1.54) is 0 Å². The number of halogens is 1. The maximum absolute atomic E-state index is 5.79. The lowest BCUT2D eigenvalue weighted by Crippen LogP contribution is -2.11. The summed E-state index contributed by atoms with van der Waals surface area (Å²) in [5.41, 5.74) is 1.15. The third kappa shape index (κ3) is 3.48. The fourth-order valence-electron chi connectivity index (χ4n) is 1.69. The van der Waals surface area contributed by atoms with E-state index in [-0.39, 0.29) is 0 Å². The predicted molar refractivity (Wildman–Crippen MR) is 71.9 cm³/mol. The molecule has 0 aliphatic carbocycles. The molecule has 0 unspecified atom stereocenters. The molecule has 1 heterocycles. The van der Waals surface area contributed by atoms with Crippen LogP contribution in [0, 0.1) is 0 Å². The fourth-order valence-corrected chi connectivity index (χ4v) is 1.85. The lowest BCUT2D eigenvalue weighted by molar-refractivity contribution is 0.288. The SMILES string of the molecule is CNCc1ccccc1OCCn1cc(Cl)cn1. The fraction of sp³-hybridized carbons (Fsp3) is 0.308. The molecule has 2 aromatic rings. The Labute approximate surface area is 112 Å². The van der Waals surface area contributed by atoms with E-state index in [4.69, 9.17) is 16.3 Å². The van der Waals surface area contributed by atoms with Gasteiger partial charge in [-0.3, -0.25) is 4.68 Å². The van der Waals surface area contributed by atoms with E-state index in [0.29, 0.717) is 18.2 Å². The zero-order valence-corrected chi connectivity index (χ0v) is 11.0. The topological polar surface area (TPSA) is 39.1 Å². The minimum absolute atomic E-state index is 0.568. The first-order valence-corrected chi connectivity index (χ1v) is 6.20. The first-order valence-electron chi connectivity index (χ1n) is 5.83. The van der Waals surface area contributed by atoms with E-state index in [1.54, 1.807) is 17.1 Å². The molecule has 0 bridgehead atoms. The first kappa shape index (κ1) is 12.9. The van der Waals surface area contributed by atoms with Crippen molar-refractivity contribution in [3.63, 3.8) is 0 Å². The number of hydrogen-bond acceptors (Lipinski definition) is 3. The van der Waals surface area contributed by atoms with Crippen LogP contribution in [0.2, 0.25) is 5.02 Å². The van der Waals surface area contributed by atoms with Crippen molar-refractivity contribution >= 4 is 11.6 Å². The third-order valence-corrected chi connectivity index (χ3v) is 2.71. The average molecular weight is 266 g/mol. The van der Waals surface area contributed by atoms with Crippen molar-refractivity contribution in [1.29, 1.82) is 0 Å². The Morgan fingerprint density at radius 3 is 2.94 bits per heavy atom. The largest absolute Gasteiger partial charge is 0.491 e. The molecule has 0 atom stereocenters. The van der Waals surface area contributed by atoms with Crippen molar-refractivity contribution in [3.05, 3.63) is 47.2 Å². The van der Waals surface area contributed by atoms with Gasteiger partial charge < -0.3 is 10.1 Å². The van der Waals surface area contributed by atoms with Gasteiger partial charge in [0.1, 0.15) is 12.4 Å². The maximum atomic E-state index is 5.79. The van der Waals surface area contributed by atoms with E-state index in [0.717, 1.165) is 17.9 Å².